The molecule has 0 aliphatic heterocycles. The number of nitrogens with zero attached hydrogens (tertiary/aromatic N) is 2. The van der Waals surface area contributed by atoms with E-state index in [1.54, 1.807) is 6.07 Å². The zero-order valence-corrected chi connectivity index (χ0v) is 11.3. The first-order valence-electron chi connectivity index (χ1n) is 5.71. The molecule has 0 fully saturated rings. The molecular formula is C13H15N3O2S. The summed E-state index contributed by atoms with van der Waals surface area (Å²) in [7, 11) is -1.79. The van der Waals surface area contributed by atoms with Gasteiger partial charge in [-0.3, -0.25) is 0 Å². The minimum Gasteiger partial charge on any atom is -0.355 e. The molecule has 2 aromatic rings. The van der Waals surface area contributed by atoms with E-state index in [1.807, 2.05) is 42.3 Å². The average molecular weight is 277 g/mol. The topological polar surface area (TPSA) is 76.3 Å². The second kappa shape index (κ2) is 5.38. The second-order valence-electron chi connectivity index (χ2n) is 4.24. The fourth-order valence-corrected chi connectivity index (χ4v) is 2.16. The van der Waals surface area contributed by atoms with Crippen molar-refractivity contribution >= 4 is 15.8 Å². The summed E-state index contributed by atoms with van der Waals surface area (Å²) in [6.07, 6.45) is 1.27. The Labute approximate surface area is 112 Å². The van der Waals surface area contributed by atoms with Crippen molar-refractivity contribution < 1.29 is 8.42 Å². The van der Waals surface area contributed by atoms with Crippen LogP contribution in [0.25, 0.3) is 0 Å². The Morgan fingerprint density at radius 1 is 1.16 bits per heavy atom. The average Bonchev–Trinajstić information content (AvgIpc) is 2.39. The van der Waals surface area contributed by atoms with E-state index in [2.05, 4.69) is 4.98 Å². The van der Waals surface area contributed by atoms with Crippen LogP contribution >= 0.6 is 0 Å². The number of rotatable bonds is 4. The minimum absolute atomic E-state index is 0.0179. The lowest BCUT2D eigenvalue weighted by atomic mass is 10.2. The Bertz CT molecular complexity index is 639. The number of anilines is 1. The first-order chi connectivity index (χ1) is 8.97. The van der Waals surface area contributed by atoms with Crippen LogP contribution in [-0.2, 0) is 16.6 Å². The van der Waals surface area contributed by atoms with Crippen LogP contribution in [-0.4, -0.2) is 20.4 Å². The second-order valence-corrected chi connectivity index (χ2v) is 5.80. The van der Waals surface area contributed by atoms with Gasteiger partial charge in [-0.25, -0.2) is 18.5 Å². The molecule has 100 valence electrons. The SMILES string of the molecule is CN(Cc1ccccc1)c1ccc(S(N)(=O)=O)cn1. The number of nitrogens with two attached hydrogens (primary N) is 1. The number of benzene rings is 1. The third kappa shape index (κ3) is 3.52. The Balaban J connectivity index is 2.14. The van der Waals surface area contributed by atoms with Crippen LogP contribution in [0.1, 0.15) is 5.56 Å². The molecule has 0 amide bonds. The third-order valence-electron chi connectivity index (χ3n) is 2.70. The summed E-state index contributed by atoms with van der Waals surface area (Å²) < 4.78 is 22.3. The van der Waals surface area contributed by atoms with Crippen LogP contribution in [0.15, 0.2) is 53.6 Å². The van der Waals surface area contributed by atoms with Gasteiger partial charge >= 0.3 is 0 Å². The minimum atomic E-state index is -3.69. The molecular weight excluding hydrogens is 262 g/mol. The molecule has 19 heavy (non-hydrogen) atoms. The summed E-state index contributed by atoms with van der Waals surface area (Å²) >= 11 is 0. The Morgan fingerprint density at radius 2 is 1.84 bits per heavy atom. The lowest BCUT2D eigenvalue weighted by Crippen LogP contribution is -2.18. The van der Waals surface area contributed by atoms with E-state index in [1.165, 1.54) is 12.3 Å². The first kappa shape index (κ1) is 13.5. The summed E-state index contributed by atoms with van der Waals surface area (Å²) in [5, 5.41) is 5.03. The molecule has 1 heterocycles. The van der Waals surface area contributed by atoms with E-state index in [0.29, 0.717) is 12.4 Å². The molecule has 0 radical (unpaired) electrons. The number of hydrogen-bond donors (Lipinski definition) is 1. The van der Waals surface area contributed by atoms with Gasteiger partial charge in [-0.05, 0) is 17.7 Å². The molecule has 0 aliphatic rings. The van der Waals surface area contributed by atoms with Gasteiger partial charge in [-0.1, -0.05) is 30.3 Å². The monoisotopic (exact) mass is 277 g/mol. The van der Waals surface area contributed by atoms with Crippen LogP contribution < -0.4 is 10.0 Å². The lowest BCUT2D eigenvalue weighted by Gasteiger charge is -2.18. The fourth-order valence-electron chi connectivity index (χ4n) is 1.70. The normalized spacial score (nSPS) is 11.3. The zero-order chi connectivity index (χ0) is 13.9. The van der Waals surface area contributed by atoms with Crippen molar-refractivity contribution in [1.82, 2.24) is 4.98 Å². The van der Waals surface area contributed by atoms with Crippen molar-refractivity contribution in [3.63, 3.8) is 0 Å². The largest absolute Gasteiger partial charge is 0.355 e. The molecule has 2 rings (SSSR count). The Kier molecular flexibility index (Phi) is 3.82. The van der Waals surface area contributed by atoms with Crippen LogP contribution in [0.2, 0.25) is 0 Å². The van der Waals surface area contributed by atoms with Gasteiger partial charge in [-0.15, -0.1) is 0 Å². The zero-order valence-electron chi connectivity index (χ0n) is 10.5. The number of aromatic nitrogens is 1. The van der Waals surface area contributed by atoms with E-state index in [0.717, 1.165) is 5.56 Å². The molecule has 0 saturated carbocycles. The molecule has 6 heteroatoms. The van der Waals surface area contributed by atoms with Crippen molar-refractivity contribution in [1.29, 1.82) is 0 Å². The number of sulfonamides is 1. The van der Waals surface area contributed by atoms with Crippen molar-refractivity contribution in [3.8, 4) is 0 Å². The van der Waals surface area contributed by atoms with Gasteiger partial charge in [0, 0.05) is 19.8 Å². The molecule has 0 bridgehead atoms. The molecule has 0 saturated heterocycles. The Hall–Kier alpha value is -1.92. The quantitative estimate of drug-likeness (QED) is 0.915. The van der Waals surface area contributed by atoms with Gasteiger partial charge < -0.3 is 4.90 Å². The van der Waals surface area contributed by atoms with Crippen LogP contribution in [0.4, 0.5) is 5.82 Å². The summed E-state index contributed by atoms with van der Waals surface area (Å²) in [5.74, 6) is 0.691. The number of primary sulfonamides is 1. The highest BCUT2D eigenvalue weighted by atomic mass is 32.2. The van der Waals surface area contributed by atoms with Crippen LogP contribution in [0, 0.1) is 0 Å². The van der Waals surface area contributed by atoms with E-state index in [-0.39, 0.29) is 4.90 Å². The van der Waals surface area contributed by atoms with Crippen LogP contribution in [0.5, 0.6) is 0 Å². The molecule has 0 aliphatic carbocycles. The van der Waals surface area contributed by atoms with Gasteiger partial charge in [0.2, 0.25) is 10.0 Å². The van der Waals surface area contributed by atoms with Gasteiger partial charge in [-0.2, -0.15) is 0 Å². The van der Waals surface area contributed by atoms with Gasteiger partial charge in [0.05, 0.1) is 0 Å². The molecule has 2 N–H and O–H groups in total. The van der Waals surface area contributed by atoms with Crippen molar-refractivity contribution in [3.05, 3.63) is 54.2 Å². The molecule has 1 aromatic heterocycles. The van der Waals surface area contributed by atoms with Gasteiger partial charge in [0.1, 0.15) is 10.7 Å². The highest BCUT2D eigenvalue weighted by Crippen LogP contribution is 2.14. The van der Waals surface area contributed by atoms with Crippen molar-refractivity contribution in [2.75, 3.05) is 11.9 Å². The van der Waals surface area contributed by atoms with Crippen molar-refractivity contribution in [2.24, 2.45) is 5.14 Å². The summed E-state index contributed by atoms with van der Waals surface area (Å²) in [6, 6.07) is 13.1. The Morgan fingerprint density at radius 3 is 2.37 bits per heavy atom. The fraction of sp³-hybridized carbons (Fsp3) is 0.154. The highest BCUT2D eigenvalue weighted by Gasteiger charge is 2.09. The predicted octanol–water partition coefficient (Wildman–Crippen LogP) is 1.37. The van der Waals surface area contributed by atoms with E-state index < -0.39 is 10.0 Å². The van der Waals surface area contributed by atoms with Gasteiger partial charge in [0.25, 0.3) is 0 Å². The number of hydrogen-bond acceptors (Lipinski definition) is 4. The maximum Gasteiger partial charge on any atom is 0.239 e. The van der Waals surface area contributed by atoms with Crippen LogP contribution in [0.3, 0.4) is 0 Å². The van der Waals surface area contributed by atoms with E-state index in [9.17, 15) is 8.42 Å². The molecule has 5 nitrogen and oxygen atoms in total. The first-order valence-corrected chi connectivity index (χ1v) is 7.25. The summed E-state index contributed by atoms with van der Waals surface area (Å²) in [4.78, 5) is 6.06. The molecule has 0 unspecified atom stereocenters. The smallest absolute Gasteiger partial charge is 0.239 e. The molecule has 0 atom stereocenters. The van der Waals surface area contributed by atoms with Crippen molar-refractivity contribution in [2.45, 2.75) is 11.4 Å². The third-order valence-corrected chi connectivity index (χ3v) is 3.60. The summed E-state index contributed by atoms with van der Waals surface area (Å²) in [5.41, 5.74) is 1.15. The van der Waals surface area contributed by atoms with E-state index >= 15 is 0 Å². The maximum absolute atomic E-state index is 11.1. The highest BCUT2D eigenvalue weighted by molar-refractivity contribution is 7.89. The van der Waals surface area contributed by atoms with Gasteiger partial charge in [0.15, 0.2) is 0 Å². The predicted molar refractivity (Wildman–Crippen MR) is 74.2 cm³/mol. The maximum atomic E-state index is 11.1. The van der Waals surface area contributed by atoms with E-state index in [4.69, 9.17) is 5.14 Å². The number of pyridine rings is 1. The standard InChI is InChI=1S/C13H15N3O2S/c1-16(10-11-5-3-2-4-6-11)13-8-7-12(9-15-13)19(14,17)18/h2-9H,10H2,1H3,(H2,14,17,18). The molecule has 1 aromatic carbocycles. The molecule has 0 spiro atoms. The summed E-state index contributed by atoms with van der Waals surface area (Å²) in [6.45, 7) is 0.697. The lowest BCUT2D eigenvalue weighted by molar-refractivity contribution is 0.597.